The molecule has 0 amide bonds. The highest BCUT2D eigenvalue weighted by molar-refractivity contribution is 6.08. The van der Waals surface area contributed by atoms with Gasteiger partial charge in [0, 0.05) is 37.2 Å². The zero-order valence-electron chi connectivity index (χ0n) is 17.8. The number of nitrogens with one attached hydrogen (secondary N) is 2. The third-order valence-electron chi connectivity index (χ3n) is 5.71. The number of aromatic nitrogens is 4. The van der Waals surface area contributed by atoms with E-state index in [4.69, 9.17) is 5.41 Å². The first kappa shape index (κ1) is 20.1. The van der Waals surface area contributed by atoms with Crippen molar-refractivity contribution in [3.05, 3.63) is 64.2 Å². The molecule has 1 aliphatic rings. The van der Waals surface area contributed by atoms with E-state index in [0.29, 0.717) is 17.2 Å². The van der Waals surface area contributed by atoms with E-state index >= 15 is 0 Å². The Morgan fingerprint density at radius 3 is 2.97 bits per heavy atom. The molecule has 4 rings (SSSR count). The molecule has 0 aliphatic carbocycles. The molecule has 1 fully saturated rings. The van der Waals surface area contributed by atoms with Crippen molar-refractivity contribution in [2.24, 2.45) is 5.92 Å². The number of pyridine rings is 1. The lowest BCUT2D eigenvalue weighted by Crippen LogP contribution is -2.22. The minimum absolute atomic E-state index is 0.175. The van der Waals surface area contributed by atoms with Crippen molar-refractivity contribution in [1.82, 2.24) is 19.4 Å². The Morgan fingerprint density at radius 2 is 2.23 bits per heavy atom. The molecule has 1 aliphatic heterocycles. The van der Waals surface area contributed by atoms with Gasteiger partial charge in [-0.3, -0.25) is 14.6 Å². The molecule has 0 saturated carbocycles. The van der Waals surface area contributed by atoms with Crippen molar-refractivity contribution in [1.29, 1.82) is 5.41 Å². The number of aromatic amines is 1. The normalized spacial score (nSPS) is 17.1. The second-order valence-electron chi connectivity index (χ2n) is 8.14. The molecular weight excluding hydrogens is 376 g/mol. The standard InChI is InChI=1S/C23H28N6O/c1-4-5-17-8-9-28(13-17)18-6-7-21-27-20(11-22(30)29(21)14-18)19(24)10-15(2)23-25-12-16(3)26-23/h6-7,10-12,14,17,24H,4-5,8-9,13H2,1-3H3,(H,25,26)/b15-10-,24-19?/t17-/m0/s1. The fraction of sp³-hybridized carbons (Fsp3) is 0.391. The van der Waals surface area contributed by atoms with Crippen LogP contribution in [0, 0.1) is 18.3 Å². The van der Waals surface area contributed by atoms with Gasteiger partial charge in [-0.25, -0.2) is 9.97 Å². The third kappa shape index (κ3) is 4.06. The number of allylic oxidation sites excluding steroid dienone is 2. The monoisotopic (exact) mass is 404 g/mol. The number of imidazole rings is 1. The summed E-state index contributed by atoms with van der Waals surface area (Å²) in [4.78, 5) is 27.1. The maximum absolute atomic E-state index is 12.8. The van der Waals surface area contributed by atoms with Gasteiger partial charge in [0.05, 0.1) is 17.1 Å². The van der Waals surface area contributed by atoms with Crippen LogP contribution < -0.4 is 10.5 Å². The zero-order chi connectivity index (χ0) is 21.3. The topological polar surface area (TPSA) is 90.1 Å². The predicted molar refractivity (Wildman–Crippen MR) is 120 cm³/mol. The van der Waals surface area contributed by atoms with Gasteiger partial charge in [-0.2, -0.15) is 0 Å². The van der Waals surface area contributed by atoms with Gasteiger partial charge >= 0.3 is 0 Å². The first-order valence-electron chi connectivity index (χ1n) is 10.5. The van der Waals surface area contributed by atoms with E-state index in [0.717, 1.165) is 36.0 Å². The molecule has 7 heteroatoms. The van der Waals surface area contributed by atoms with Crippen molar-refractivity contribution >= 4 is 22.6 Å². The van der Waals surface area contributed by atoms with E-state index < -0.39 is 0 Å². The Labute approximate surface area is 176 Å². The zero-order valence-corrected chi connectivity index (χ0v) is 17.8. The fourth-order valence-corrected chi connectivity index (χ4v) is 4.10. The van der Waals surface area contributed by atoms with Gasteiger partial charge in [0.15, 0.2) is 0 Å². The Kier molecular flexibility index (Phi) is 5.53. The molecule has 0 unspecified atom stereocenters. The maximum Gasteiger partial charge on any atom is 0.258 e. The van der Waals surface area contributed by atoms with Crippen molar-refractivity contribution in [3.8, 4) is 0 Å². The van der Waals surface area contributed by atoms with Crippen LogP contribution in [0.4, 0.5) is 5.69 Å². The van der Waals surface area contributed by atoms with Crippen LogP contribution >= 0.6 is 0 Å². The van der Waals surface area contributed by atoms with Gasteiger partial charge in [0.1, 0.15) is 11.5 Å². The first-order chi connectivity index (χ1) is 14.4. The number of hydrogen-bond donors (Lipinski definition) is 2. The Morgan fingerprint density at radius 1 is 1.40 bits per heavy atom. The summed E-state index contributed by atoms with van der Waals surface area (Å²) in [5, 5.41) is 8.39. The van der Waals surface area contributed by atoms with Crippen LogP contribution in [-0.4, -0.2) is 38.2 Å². The lowest BCUT2D eigenvalue weighted by molar-refractivity contribution is 0.530. The van der Waals surface area contributed by atoms with Crippen LogP contribution in [0.15, 0.2) is 41.5 Å². The van der Waals surface area contributed by atoms with E-state index in [1.165, 1.54) is 25.3 Å². The van der Waals surface area contributed by atoms with E-state index in [1.807, 2.05) is 32.2 Å². The van der Waals surface area contributed by atoms with Crippen molar-refractivity contribution in [2.75, 3.05) is 18.0 Å². The van der Waals surface area contributed by atoms with Crippen LogP contribution in [0.1, 0.15) is 50.3 Å². The largest absolute Gasteiger partial charge is 0.370 e. The molecule has 0 aromatic carbocycles. The van der Waals surface area contributed by atoms with Gasteiger partial charge in [-0.1, -0.05) is 13.3 Å². The average Bonchev–Trinajstić information content (AvgIpc) is 3.37. The molecule has 1 atom stereocenters. The molecule has 0 bridgehead atoms. The van der Waals surface area contributed by atoms with E-state index in [-0.39, 0.29) is 11.3 Å². The smallest absolute Gasteiger partial charge is 0.258 e. The predicted octanol–water partition coefficient (Wildman–Crippen LogP) is 3.82. The van der Waals surface area contributed by atoms with Crippen molar-refractivity contribution < 1.29 is 0 Å². The number of rotatable bonds is 6. The Hall–Kier alpha value is -3.22. The lowest BCUT2D eigenvalue weighted by Gasteiger charge is -2.19. The van der Waals surface area contributed by atoms with Gasteiger partial charge in [0.25, 0.3) is 5.56 Å². The van der Waals surface area contributed by atoms with Crippen LogP contribution in [0.25, 0.3) is 11.2 Å². The highest BCUT2D eigenvalue weighted by Gasteiger charge is 2.22. The summed E-state index contributed by atoms with van der Waals surface area (Å²) in [7, 11) is 0. The van der Waals surface area contributed by atoms with E-state index in [9.17, 15) is 4.79 Å². The SMILES string of the molecule is CCC[C@H]1CCN(c2ccc3nc(C(=N)/C=C(/C)c4ncc(C)[nH]4)cc(=O)n3c2)C1. The summed E-state index contributed by atoms with van der Waals surface area (Å²) < 4.78 is 1.58. The summed E-state index contributed by atoms with van der Waals surface area (Å²) in [6.45, 7) is 8.11. The summed E-state index contributed by atoms with van der Waals surface area (Å²) in [6, 6.07) is 5.32. The average molecular weight is 405 g/mol. The second-order valence-corrected chi connectivity index (χ2v) is 8.14. The number of nitrogens with zero attached hydrogens (tertiary/aromatic N) is 4. The minimum atomic E-state index is -0.175. The van der Waals surface area contributed by atoms with Crippen LogP contribution in [-0.2, 0) is 0 Å². The lowest BCUT2D eigenvalue weighted by atomic mass is 10.0. The number of hydrogen-bond acceptors (Lipinski definition) is 5. The van der Waals surface area contributed by atoms with E-state index in [2.05, 4.69) is 26.8 Å². The van der Waals surface area contributed by atoms with Gasteiger partial charge in [-0.15, -0.1) is 0 Å². The van der Waals surface area contributed by atoms with Crippen molar-refractivity contribution in [2.45, 2.75) is 40.0 Å². The molecule has 0 spiro atoms. The first-order valence-corrected chi connectivity index (χ1v) is 10.5. The molecule has 30 heavy (non-hydrogen) atoms. The van der Waals surface area contributed by atoms with Crippen LogP contribution in [0.3, 0.4) is 0 Å². The molecular formula is C23H28N6O. The molecule has 2 N–H and O–H groups in total. The molecule has 156 valence electrons. The molecule has 0 radical (unpaired) electrons. The molecule has 3 aromatic heterocycles. The molecule has 4 heterocycles. The van der Waals surface area contributed by atoms with Gasteiger partial charge in [-0.05, 0) is 56.4 Å². The van der Waals surface area contributed by atoms with Crippen molar-refractivity contribution in [3.63, 3.8) is 0 Å². The van der Waals surface area contributed by atoms with Gasteiger partial charge < -0.3 is 9.88 Å². The third-order valence-corrected chi connectivity index (χ3v) is 5.71. The minimum Gasteiger partial charge on any atom is -0.370 e. The second kappa shape index (κ2) is 8.26. The number of aryl methyl sites for hydroxylation is 1. The Bertz CT molecular complexity index is 1170. The van der Waals surface area contributed by atoms with Crippen LogP contribution in [0.2, 0.25) is 0 Å². The molecule has 1 saturated heterocycles. The van der Waals surface area contributed by atoms with E-state index in [1.54, 1.807) is 16.7 Å². The Balaban J connectivity index is 1.60. The quantitative estimate of drug-likeness (QED) is 0.611. The van der Waals surface area contributed by atoms with Gasteiger partial charge in [0.2, 0.25) is 0 Å². The highest BCUT2D eigenvalue weighted by Crippen LogP contribution is 2.26. The fourth-order valence-electron chi connectivity index (χ4n) is 4.10. The summed E-state index contributed by atoms with van der Waals surface area (Å²) in [5.41, 5.74) is 3.76. The number of H-pyrrole nitrogens is 1. The summed E-state index contributed by atoms with van der Waals surface area (Å²) in [6.07, 6.45) is 8.97. The molecule has 7 nitrogen and oxygen atoms in total. The highest BCUT2D eigenvalue weighted by atomic mass is 16.1. The summed E-state index contributed by atoms with van der Waals surface area (Å²) >= 11 is 0. The number of anilines is 1. The summed E-state index contributed by atoms with van der Waals surface area (Å²) in [5.74, 6) is 1.45. The van der Waals surface area contributed by atoms with Crippen LogP contribution in [0.5, 0.6) is 0 Å². The number of fused-ring (bicyclic) bond motifs is 1. The molecule has 3 aromatic rings. The maximum atomic E-state index is 12.8.